The van der Waals surface area contributed by atoms with Crippen LogP contribution in [0, 0.1) is 5.92 Å². The van der Waals surface area contributed by atoms with Crippen molar-refractivity contribution in [1.82, 2.24) is 10.3 Å². The van der Waals surface area contributed by atoms with E-state index >= 15 is 0 Å². The van der Waals surface area contributed by atoms with Crippen molar-refractivity contribution in [3.63, 3.8) is 0 Å². The fourth-order valence-electron chi connectivity index (χ4n) is 2.40. The predicted molar refractivity (Wildman–Crippen MR) is 93.6 cm³/mol. The van der Waals surface area contributed by atoms with E-state index in [1.807, 2.05) is 23.6 Å². The van der Waals surface area contributed by atoms with E-state index in [-0.39, 0.29) is 12.5 Å². The van der Waals surface area contributed by atoms with Gasteiger partial charge in [0.05, 0.1) is 17.1 Å². The van der Waals surface area contributed by atoms with E-state index in [9.17, 15) is 4.79 Å². The zero-order valence-corrected chi connectivity index (χ0v) is 14.3. The van der Waals surface area contributed by atoms with Gasteiger partial charge in [0.25, 0.3) is 0 Å². The van der Waals surface area contributed by atoms with Crippen molar-refractivity contribution in [3.05, 3.63) is 52.0 Å². The molecule has 2 N–H and O–H groups in total. The molecule has 0 spiro atoms. The number of thiazole rings is 1. The van der Waals surface area contributed by atoms with Crippen LogP contribution in [0.15, 0.2) is 35.7 Å². The molecular weight excluding hydrogens is 308 g/mol. The highest BCUT2D eigenvalue weighted by Gasteiger charge is 2.11. The average molecular weight is 332 g/mol. The minimum absolute atomic E-state index is 0.00190. The third kappa shape index (κ3) is 6.12. The fourth-order valence-corrected chi connectivity index (χ4v) is 3.23. The summed E-state index contributed by atoms with van der Waals surface area (Å²) in [7, 11) is 0. The standard InChI is InChI=1S/C18H24N2O2S/c1-2-14(8-9-21)12-19-17(22)11-16-13-23-18(20-16)10-15-6-4-3-5-7-15/h3-7,13-14,21H,2,8-12H2,1H3,(H,19,22). The molecule has 0 aliphatic rings. The van der Waals surface area contributed by atoms with Crippen LogP contribution in [-0.2, 0) is 17.6 Å². The van der Waals surface area contributed by atoms with Crippen molar-refractivity contribution >= 4 is 17.2 Å². The van der Waals surface area contributed by atoms with Gasteiger partial charge in [0.1, 0.15) is 0 Å². The largest absolute Gasteiger partial charge is 0.396 e. The third-order valence-corrected chi connectivity index (χ3v) is 4.74. The van der Waals surface area contributed by atoms with Crippen LogP contribution in [0.25, 0.3) is 0 Å². The minimum Gasteiger partial charge on any atom is -0.396 e. The fraction of sp³-hybridized carbons (Fsp3) is 0.444. The summed E-state index contributed by atoms with van der Waals surface area (Å²) in [6, 6.07) is 10.2. The Morgan fingerprint density at radius 1 is 1.35 bits per heavy atom. The van der Waals surface area contributed by atoms with Gasteiger partial charge < -0.3 is 10.4 Å². The topological polar surface area (TPSA) is 62.2 Å². The van der Waals surface area contributed by atoms with Gasteiger partial charge in [0.2, 0.25) is 5.91 Å². The van der Waals surface area contributed by atoms with Gasteiger partial charge in [-0.25, -0.2) is 4.98 Å². The Labute approximate surface area is 141 Å². The molecule has 23 heavy (non-hydrogen) atoms. The molecular formula is C18H24N2O2S. The second kappa shape index (κ2) is 9.43. The lowest BCUT2D eigenvalue weighted by Gasteiger charge is -2.13. The number of hydrogen-bond acceptors (Lipinski definition) is 4. The predicted octanol–water partition coefficient (Wildman–Crippen LogP) is 2.80. The summed E-state index contributed by atoms with van der Waals surface area (Å²) in [4.78, 5) is 16.5. The van der Waals surface area contributed by atoms with Gasteiger partial charge in [0, 0.05) is 25.0 Å². The van der Waals surface area contributed by atoms with Gasteiger partial charge in [-0.1, -0.05) is 43.7 Å². The average Bonchev–Trinajstić information content (AvgIpc) is 2.99. The summed E-state index contributed by atoms with van der Waals surface area (Å²) in [6.07, 6.45) is 2.82. The molecule has 5 heteroatoms. The van der Waals surface area contributed by atoms with E-state index in [0.717, 1.165) is 30.0 Å². The molecule has 1 unspecified atom stereocenters. The van der Waals surface area contributed by atoms with Gasteiger partial charge in [-0.15, -0.1) is 11.3 Å². The molecule has 1 aromatic carbocycles. The van der Waals surface area contributed by atoms with Crippen LogP contribution in [0.3, 0.4) is 0 Å². The molecule has 0 aliphatic heterocycles. The molecule has 0 saturated carbocycles. The molecule has 0 bridgehead atoms. The Kier molecular flexibility index (Phi) is 7.23. The normalized spacial score (nSPS) is 12.1. The van der Waals surface area contributed by atoms with Crippen molar-refractivity contribution in [3.8, 4) is 0 Å². The van der Waals surface area contributed by atoms with E-state index in [4.69, 9.17) is 5.11 Å². The number of carbonyl (C=O) groups is 1. The molecule has 1 aromatic heterocycles. The van der Waals surface area contributed by atoms with Crippen molar-refractivity contribution in [2.45, 2.75) is 32.6 Å². The van der Waals surface area contributed by atoms with E-state index in [2.05, 4.69) is 29.4 Å². The first-order chi connectivity index (χ1) is 11.2. The number of hydrogen-bond donors (Lipinski definition) is 2. The summed E-state index contributed by atoms with van der Waals surface area (Å²) >= 11 is 1.60. The Hall–Kier alpha value is -1.72. The quantitative estimate of drug-likeness (QED) is 0.742. The molecule has 124 valence electrons. The second-order valence-corrected chi connectivity index (χ2v) is 6.61. The Morgan fingerprint density at radius 3 is 2.83 bits per heavy atom. The minimum atomic E-state index is -0.00190. The number of aliphatic hydroxyl groups excluding tert-OH is 1. The van der Waals surface area contributed by atoms with Crippen molar-refractivity contribution in [2.24, 2.45) is 5.92 Å². The van der Waals surface area contributed by atoms with Crippen LogP contribution in [0.4, 0.5) is 0 Å². The smallest absolute Gasteiger partial charge is 0.226 e. The Bertz CT molecular complexity index is 598. The molecule has 4 nitrogen and oxygen atoms in total. The molecule has 2 aromatic rings. The van der Waals surface area contributed by atoms with Crippen LogP contribution in [-0.4, -0.2) is 29.1 Å². The van der Waals surface area contributed by atoms with Crippen LogP contribution in [0.5, 0.6) is 0 Å². The summed E-state index contributed by atoms with van der Waals surface area (Å²) < 4.78 is 0. The highest BCUT2D eigenvalue weighted by Crippen LogP contribution is 2.15. The number of aromatic nitrogens is 1. The molecule has 2 rings (SSSR count). The molecule has 1 amide bonds. The molecule has 0 aliphatic carbocycles. The molecule has 0 saturated heterocycles. The summed E-state index contributed by atoms with van der Waals surface area (Å²) in [6.45, 7) is 2.86. The Balaban J connectivity index is 1.80. The highest BCUT2D eigenvalue weighted by atomic mass is 32.1. The summed E-state index contributed by atoms with van der Waals surface area (Å²) in [5, 5.41) is 14.9. The monoisotopic (exact) mass is 332 g/mol. The molecule has 0 radical (unpaired) electrons. The summed E-state index contributed by atoms with van der Waals surface area (Å²) in [5.74, 6) is 0.339. The number of nitrogens with zero attached hydrogens (tertiary/aromatic N) is 1. The maximum Gasteiger partial charge on any atom is 0.226 e. The number of carbonyl (C=O) groups excluding carboxylic acids is 1. The lowest BCUT2D eigenvalue weighted by atomic mass is 10.0. The van der Waals surface area contributed by atoms with E-state index in [1.54, 1.807) is 11.3 Å². The lowest BCUT2D eigenvalue weighted by molar-refractivity contribution is -0.120. The van der Waals surface area contributed by atoms with Crippen molar-refractivity contribution in [1.29, 1.82) is 0 Å². The second-order valence-electron chi connectivity index (χ2n) is 5.66. The van der Waals surface area contributed by atoms with Crippen LogP contribution >= 0.6 is 11.3 Å². The van der Waals surface area contributed by atoms with Gasteiger partial charge in [-0.05, 0) is 17.9 Å². The first kappa shape index (κ1) is 17.6. The van der Waals surface area contributed by atoms with E-state index in [1.165, 1.54) is 5.56 Å². The number of aliphatic hydroxyl groups is 1. The molecule has 1 heterocycles. The lowest BCUT2D eigenvalue weighted by Crippen LogP contribution is -2.30. The first-order valence-corrected chi connectivity index (χ1v) is 8.94. The number of nitrogens with one attached hydrogen (secondary N) is 1. The zero-order chi connectivity index (χ0) is 16.5. The van der Waals surface area contributed by atoms with Gasteiger partial charge in [-0.2, -0.15) is 0 Å². The number of amides is 1. The SMILES string of the molecule is CCC(CCO)CNC(=O)Cc1csc(Cc2ccccc2)n1. The van der Waals surface area contributed by atoms with Gasteiger partial charge in [-0.3, -0.25) is 4.79 Å². The molecule has 0 fully saturated rings. The maximum absolute atomic E-state index is 12.0. The van der Waals surface area contributed by atoms with Crippen LogP contribution in [0.1, 0.15) is 36.0 Å². The number of benzene rings is 1. The first-order valence-electron chi connectivity index (χ1n) is 8.06. The molecule has 1 atom stereocenters. The van der Waals surface area contributed by atoms with Crippen molar-refractivity contribution < 1.29 is 9.90 Å². The maximum atomic E-state index is 12.0. The van der Waals surface area contributed by atoms with Crippen LogP contribution in [0.2, 0.25) is 0 Å². The third-order valence-electron chi connectivity index (χ3n) is 3.84. The zero-order valence-electron chi connectivity index (χ0n) is 13.5. The summed E-state index contributed by atoms with van der Waals surface area (Å²) in [5.41, 5.74) is 2.06. The van der Waals surface area contributed by atoms with Gasteiger partial charge >= 0.3 is 0 Å². The number of rotatable bonds is 9. The van der Waals surface area contributed by atoms with Crippen molar-refractivity contribution in [2.75, 3.05) is 13.2 Å². The Morgan fingerprint density at radius 2 is 2.13 bits per heavy atom. The van der Waals surface area contributed by atoms with E-state index in [0.29, 0.717) is 18.9 Å². The highest BCUT2D eigenvalue weighted by molar-refractivity contribution is 7.09. The van der Waals surface area contributed by atoms with E-state index < -0.39 is 0 Å². The van der Waals surface area contributed by atoms with Gasteiger partial charge in [0.15, 0.2) is 0 Å². The van der Waals surface area contributed by atoms with Crippen LogP contribution < -0.4 is 5.32 Å².